The van der Waals surface area contributed by atoms with Gasteiger partial charge in [0, 0.05) is 11.0 Å². The minimum atomic E-state index is -4.47. The molecule has 1 N–H and O–H groups in total. The Morgan fingerprint density at radius 1 is 1.25 bits per heavy atom. The predicted octanol–water partition coefficient (Wildman–Crippen LogP) is 3.47. The number of nitrogens with one attached hydrogen (secondary N) is 1. The van der Waals surface area contributed by atoms with Gasteiger partial charge in [0.1, 0.15) is 6.42 Å². The van der Waals surface area contributed by atoms with Crippen molar-refractivity contribution in [1.29, 1.82) is 0 Å². The van der Waals surface area contributed by atoms with Gasteiger partial charge in [0.2, 0.25) is 5.91 Å². The summed E-state index contributed by atoms with van der Waals surface area (Å²) in [7, 11) is 0. The maximum atomic E-state index is 11.9. The molecule has 0 spiro atoms. The van der Waals surface area contributed by atoms with Crippen LogP contribution < -0.4 is 5.32 Å². The van der Waals surface area contributed by atoms with Crippen LogP contribution in [-0.4, -0.2) is 12.1 Å². The molecule has 0 fully saturated rings. The zero-order valence-corrected chi connectivity index (χ0v) is 9.73. The van der Waals surface area contributed by atoms with Crippen LogP contribution >= 0.6 is 15.9 Å². The van der Waals surface area contributed by atoms with Crippen molar-refractivity contribution in [3.8, 4) is 0 Å². The van der Waals surface area contributed by atoms with Gasteiger partial charge < -0.3 is 5.32 Å². The second-order valence-corrected chi connectivity index (χ2v) is 3.73. The van der Waals surface area contributed by atoms with Crippen molar-refractivity contribution in [2.45, 2.75) is 17.9 Å². The Kier molecular flexibility index (Phi) is 4.35. The summed E-state index contributed by atoms with van der Waals surface area (Å²) >= 11 is 3.24. The van der Waals surface area contributed by atoms with E-state index in [1.165, 1.54) is 0 Å². The van der Waals surface area contributed by atoms with Crippen molar-refractivity contribution >= 4 is 27.5 Å². The number of carbonyl (C=O) groups is 1. The van der Waals surface area contributed by atoms with Gasteiger partial charge in [-0.1, -0.05) is 28.1 Å². The number of amides is 1. The molecule has 6 heteroatoms. The van der Waals surface area contributed by atoms with Gasteiger partial charge in [0.05, 0.1) is 0 Å². The number of anilines is 1. The van der Waals surface area contributed by atoms with Gasteiger partial charge in [-0.2, -0.15) is 13.2 Å². The molecule has 0 heterocycles. The molecule has 0 unspecified atom stereocenters. The normalized spacial score (nSPS) is 11.2. The average molecular weight is 296 g/mol. The topological polar surface area (TPSA) is 29.1 Å². The van der Waals surface area contributed by atoms with Crippen LogP contribution in [0.15, 0.2) is 24.3 Å². The highest BCUT2D eigenvalue weighted by Crippen LogP contribution is 2.20. The fraction of sp³-hybridized carbons (Fsp3) is 0.300. The Morgan fingerprint density at radius 3 is 2.25 bits per heavy atom. The van der Waals surface area contributed by atoms with Crippen LogP contribution in [0.2, 0.25) is 0 Å². The number of carbonyl (C=O) groups excluding carboxylic acids is 1. The first-order valence-electron chi connectivity index (χ1n) is 4.42. The molecule has 0 aliphatic heterocycles. The lowest BCUT2D eigenvalue weighted by Crippen LogP contribution is -2.21. The summed E-state index contributed by atoms with van der Waals surface area (Å²) in [5, 5.41) is 2.83. The molecule has 16 heavy (non-hydrogen) atoms. The first kappa shape index (κ1) is 13.0. The number of alkyl halides is 4. The maximum Gasteiger partial charge on any atom is 0.397 e. The fourth-order valence-corrected chi connectivity index (χ4v) is 1.44. The molecule has 0 bridgehead atoms. The molecule has 88 valence electrons. The Labute approximate surface area is 99.0 Å². The molecule has 0 saturated carbocycles. The van der Waals surface area contributed by atoms with E-state index in [1.807, 2.05) is 0 Å². The van der Waals surface area contributed by atoms with Crippen LogP contribution in [-0.2, 0) is 10.1 Å². The number of benzene rings is 1. The van der Waals surface area contributed by atoms with E-state index in [9.17, 15) is 18.0 Å². The number of hydrogen-bond acceptors (Lipinski definition) is 1. The maximum absolute atomic E-state index is 11.9. The molecule has 0 aliphatic carbocycles. The van der Waals surface area contributed by atoms with Gasteiger partial charge in [-0.05, 0) is 17.7 Å². The molecule has 0 atom stereocenters. The first-order chi connectivity index (χ1) is 7.40. The predicted molar refractivity (Wildman–Crippen MR) is 58.4 cm³/mol. The third kappa shape index (κ3) is 4.65. The fourth-order valence-electron chi connectivity index (χ4n) is 1.06. The summed E-state index contributed by atoms with van der Waals surface area (Å²) in [4.78, 5) is 10.9. The zero-order chi connectivity index (χ0) is 12.2. The van der Waals surface area contributed by atoms with Crippen LogP contribution in [0, 0.1) is 0 Å². The van der Waals surface area contributed by atoms with E-state index in [1.54, 1.807) is 24.3 Å². The highest BCUT2D eigenvalue weighted by Gasteiger charge is 2.31. The van der Waals surface area contributed by atoms with Crippen LogP contribution in [0.3, 0.4) is 0 Å². The summed E-state index contributed by atoms with van der Waals surface area (Å²) in [5.74, 6) is -1.06. The van der Waals surface area contributed by atoms with Crippen LogP contribution in [0.1, 0.15) is 12.0 Å². The van der Waals surface area contributed by atoms with Gasteiger partial charge in [-0.15, -0.1) is 0 Å². The smallest absolute Gasteiger partial charge is 0.326 e. The third-order valence-electron chi connectivity index (χ3n) is 1.75. The summed E-state index contributed by atoms with van der Waals surface area (Å²) in [5.41, 5.74) is 1.34. The second kappa shape index (κ2) is 5.34. The largest absolute Gasteiger partial charge is 0.397 e. The standard InChI is InChI=1S/C10H9BrF3NO/c11-6-7-1-3-8(4-2-7)15-9(16)5-10(12,13)14/h1-4H,5-6H2,(H,15,16). The molecular weight excluding hydrogens is 287 g/mol. The van der Waals surface area contributed by atoms with Crippen molar-refractivity contribution in [2.24, 2.45) is 0 Å². The van der Waals surface area contributed by atoms with E-state index >= 15 is 0 Å². The Morgan fingerprint density at radius 2 is 1.81 bits per heavy atom. The Balaban J connectivity index is 2.56. The molecule has 1 rings (SSSR count). The molecule has 0 radical (unpaired) electrons. The van der Waals surface area contributed by atoms with Crippen LogP contribution in [0.4, 0.5) is 18.9 Å². The Hall–Kier alpha value is -1.04. The minimum Gasteiger partial charge on any atom is -0.326 e. The van der Waals surface area contributed by atoms with E-state index < -0.39 is 18.5 Å². The number of rotatable bonds is 3. The summed E-state index contributed by atoms with van der Waals surface area (Å²) in [6, 6.07) is 6.56. The van der Waals surface area contributed by atoms with Crippen molar-refractivity contribution in [1.82, 2.24) is 0 Å². The monoisotopic (exact) mass is 295 g/mol. The van der Waals surface area contributed by atoms with Gasteiger partial charge in [-0.25, -0.2) is 0 Å². The molecule has 0 aromatic heterocycles. The lowest BCUT2D eigenvalue weighted by Gasteiger charge is -2.07. The highest BCUT2D eigenvalue weighted by molar-refractivity contribution is 9.08. The molecule has 1 aromatic rings. The lowest BCUT2D eigenvalue weighted by molar-refractivity contribution is -0.150. The van der Waals surface area contributed by atoms with Crippen molar-refractivity contribution in [2.75, 3.05) is 5.32 Å². The Bertz CT molecular complexity index is 361. The van der Waals surface area contributed by atoms with Gasteiger partial charge >= 0.3 is 6.18 Å². The van der Waals surface area contributed by atoms with Gasteiger partial charge in [0.25, 0.3) is 0 Å². The zero-order valence-electron chi connectivity index (χ0n) is 8.14. The summed E-state index contributed by atoms with van der Waals surface area (Å²) in [6.07, 6.45) is -5.94. The molecule has 1 aromatic carbocycles. The van der Waals surface area contributed by atoms with Crippen LogP contribution in [0.5, 0.6) is 0 Å². The molecule has 2 nitrogen and oxygen atoms in total. The number of halogens is 4. The van der Waals surface area contributed by atoms with E-state index in [4.69, 9.17) is 0 Å². The van der Waals surface area contributed by atoms with Gasteiger partial charge in [-0.3, -0.25) is 4.79 Å². The highest BCUT2D eigenvalue weighted by atomic mass is 79.9. The van der Waals surface area contributed by atoms with Crippen molar-refractivity contribution in [3.05, 3.63) is 29.8 Å². The summed E-state index contributed by atoms with van der Waals surface area (Å²) in [6.45, 7) is 0. The van der Waals surface area contributed by atoms with E-state index in [2.05, 4.69) is 21.2 Å². The molecule has 0 aliphatic rings. The van der Waals surface area contributed by atoms with Crippen molar-refractivity contribution in [3.63, 3.8) is 0 Å². The molecule has 0 saturated heterocycles. The van der Waals surface area contributed by atoms with E-state index in [0.29, 0.717) is 11.0 Å². The number of hydrogen-bond donors (Lipinski definition) is 1. The van der Waals surface area contributed by atoms with E-state index in [0.717, 1.165) is 5.56 Å². The summed E-state index contributed by atoms with van der Waals surface area (Å²) < 4.78 is 35.6. The van der Waals surface area contributed by atoms with Crippen molar-refractivity contribution < 1.29 is 18.0 Å². The molecular formula is C10H9BrF3NO. The van der Waals surface area contributed by atoms with Gasteiger partial charge in [0.15, 0.2) is 0 Å². The molecule has 1 amide bonds. The average Bonchev–Trinajstić information content (AvgIpc) is 2.16. The SMILES string of the molecule is O=C(CC(F)(F)F)Nc1ccc(CBr)cc1. The lowest BCUT2D eigenvalue weighted by atomic mass is 10.2. The van der Waals surface area contributed by atoms with E-state index in [-0.39, 0.29) is 0 Å². The quantitative estimate of drug-likeness (QED) is 0.850. The minimum absolute atomic E-state index is 0.360. The van der Waals surface area contributed by atoms with Crippen LogP contribution in [0.25, 0.3) is 0 Å². The second-order valence-electron chi connectivity index (χ2n) is 3.17. The first-order valence-corrected chi connectivity index (χ1v) is 5.54. The third-order valence-corrected chi connectivity index (χ3v) is 2.40.